The molecule has 0 saturated carbocycles. The quantitative estimate of drug-likeness (QED) is 0.483. The Hall–Kier alpha value is -1.44. The van der Waals surface area contributed by atoms with Crippen LogP contribution in [0.5, 0.6) is 0 Å². The van der Waals surface area contributed by atoms with Crippen molar-refractivity contribution in [3.05, 3.63) is 53.7 Å². The molecule has 1 atom stereocenters. The Morgan fingerprint density at radius 1 is 1.29 bits per heavy atom. The Morgan fingerprint density at radius 3 is 2.79 bits per heavy atom. The van der Waals surface area contributed by atoms with E-state index in [1.807, 2.05) is 0 Å². The fraction of sp³-hybridized carbons (Fsp3) is 0.545. The molecule has 0 aliphatic carbocycles. The lowest BCUT2D eigenvalue weighted by Gasteiger charge is -2.28. The molecule has 1 unspecified atom stereocenters. The minimum absolute atomic E-state index is 0.541. The normalized spacial score (nSPS) is 16.4. The number of allylic oxidation sites excluding steroid dienone is 2. The molecule has 0 bridgehead atoms. The van der Waals surface area contributed by atoms with Gasteiger partial charge in [0.25, 0.3) is 0 Å². The Kier molecular flexibility index (Phi) is 7.21. The summed E-state index contributed by atoms with van der Waals surface area (Å²) in [6.45, 7) is 15.3. The molecule has 2 rings (SSSR count). The summed E-state index contributed by atoms with van der Waals surface area (Å²) in [7, 11) is 1.20. The Morgan fingerprint density at radius 2 is 2.08 bits per heavy atom. The van der Waals surface area contributed by atoms with E-state index in [1.54, 1.807) is 5.56 Å². The van der Waals surface area contributed by atoms with Crippen molar-refractivity contribution >= 4 is 12.9 Å². The number of hydrogen-bond donors (Lipinski definition) is 1. The number of nitrogens with one attached hydrogen (secondary N) is 1. The molecule has 0 fully saturated rings. The van der Waals surface area contributed by atoms with E-state index in [-0.39, 0.29) is 0 Å². The Labute approximate surface area is 149 Å². The van der Waals surface area contributed by atoms with Crippen LogP contribution in [0.25, 0.3) is 5.57 Å². The number of benzene rings is 1. The molecule has 0 spiro atoms. The Bertz CT molecular complexity index is 573. The average molecular weight is 323 g/mol. The standard InChI is InChI=1S/C22H34BN/c1-6-18(5)24-22-14-19-12-9-13-20(21(19)15-23-22)17(4)11-8-7-10-16(2)3/h9,12-13,16,22-24H,4-8,10-11,14-15H2,1-3H3. The highest BCUT2D eigenvalue weighted by Crippen LogP contribution is 2.29. The van der Waals surface area contributed by atoms with Crippen LogP contribution in [0.15, 0.2) is 37.1 Å². The van der Waals surface area contributed by atoms with Crippen molar-refractivity contribution in [2.24, 2.45) is 5.92 Å². The summed E-state index contributed by atoms with van der Waals surface area (Å²) in [6.07, 6.45) is 8.33. The number of fused-ring (bicyclic) bond motifs is 1. The number of hydrogen-bond acceptors (Lipinski definition) is 1. The van der Waals surface area contributed by atoms with Crippen LogP contribution in [-0.2, 0) is 12.7 Å². The average Bonchev–Trinajstić information content (AvgIpc) is 2.57. The summed E-state index contributed by atoms with van der Waals surface area (Å²) in [4.78, 5) is 0. The lowest BCUT2D eigenvalue weighted by Crippen LogP contribution is -2.40. The molecule has 1 heterocycles. The van der Waals surface area contributed by atoms with Gasteiger partial charge in [0.2, 0.25) is 0 Å². The molecule has 1 aromatic carbocycles. The third-order valence-corrected chi connectivity index (χ3v) is 5.21. The number of rotatable bonds is 9. The highest BCUT2D eigenvalue weighted by atomic mass is 14.9. The van der Waals surface area contributed by atoms with Gasteiger partial charge in [0.15, 0.2) is 7.28 Å². The fourth-order valence-corrected chi connectivity index (χ4v) is 3.68. The molecule has 24 heavy (non-hydrogen) atoms. The van der Waals surface area contributed by atoms with Crippen LogP contribution in [0.3, 0.4) is 0 Å². The van der Waals surface area contributed by atoms with Gasteiger partial charge < -0.3 is 5.32 Å². The van der Waals surface area contributed by atoms with Crippen molar-refractivity contribution < 1.29 is 0 Å². The van der Waals surface area contributed by atoms with Crippen molar-refractivity contribution in [3.63, 3.8) is 0 Å². The van der Waals surface area contributed by atoms with Crippen molar-refractivity contribution in [2.45, 2.75) is 71.6 Å². The van der Waals surface area contributed by atoms with Crippen molar-refractivity contribution in [2.75, 3.05) is 0 Å². The minimum atomic E-state index is 0.541. The first kappa shape index (κ1) is 18.9. The summed E-state index contributed by atoms with van der Waals surface area (Å²) >= 11 is 0. The third-order valence-electron chi connectivity index (χ3n) is 5.21. The zero-order chi connectivity index (χ0) is 17.5. The van der Waals surface area contributed by atoms with E-state index in [9.17, 15) is 0 Å². The predicted molar refractivity (Wildman–Crippen MR) is 110 cm³/mol. The van der Waals surface area contributed by atoms with Gasteiger partial charge in [0.05, 0.1) is 0 Å². The van der Waals surface area contributed by atoms with Crippen molar-refractivity contribution in [1.82, 2.24) is 5.32 Å². The van der Waals surface area contributed by atoms with Crippen LogP contribution >= 0.6 is 0 Å². The monoisotopic (exact) mass is 323 g/mol. The molecule has 0 aromatic heterocycles. The van der Waals surface area contributed by atoms with E-state index in [0.717, 1.165) is 37.2 Å². The van der Waals surface area contributed by atoms with E-state index in [1.165, 1.54) is 43.2 Å². The molecule has 0 amide bonds. The van der Waals surface area contributed by atoms with E-state index in [0.29, 0.717) is 5.94 Å². The second-order valence-corrected chi connectivity index (χ2v) is 7.73. The largest absolute Gasteiger partial charge is 0.393 e. The van der Waals surface area contributed by atoms with E-state index in [2.05, 4.69) is 57.4 Å². The molecule has 2 heteroatoms. The molecule has 1 nitrogen and oxygen atoms in total. The van der Waals surface area contributed by atoms with E-state index >= 15 is 0 Å². The van der Waals surface area contributed by atoms with Crippen molar-refractivity contribution in [1.29, 1.82) is 0 Å². The third kappa shape index (κ3) is 5.29. The maximum absolute atomic E-state index is 4.40. The van der Waals surface area contributed by atoms with Crippen LogP contribution in [0.1, 0.15) is 69.6 Å². The Balaban J connectivity index is 1.98. The fourth-order valence-electron chi connectivity index (χ4n) is 3.68. The summed E-state index contributed by atoms with van der Waals surface area (Å²) < 4.78 is 0. The van der Waals surface area contributed by atoms with Gasteiger partial charge in [-0.3, -0.25) is 0 Å². The van der Waals surface area contributed by atoms with Gasteiger partial charge >= 0.3 is 0 Å². The summed E-state index contributed by atoms with van der Waals surface area (Å²) in [5, 5.41) is 3.59. The maximum Gasteiger partial charge on any atom is 0.153 e. The second kappa shape index (κ2) is 9.15. The van der Waals surface area contributed by atoms with E-state index < -0.39 is 0 Å². The lowest BCUT2D eigenvalue weighted by molar-refractivity contribution is 0.542. The molecule has 1 aromatic rings. The second-order valence-electron chi connectivity index (χ2n) is 7.73. The van der Waals surface area contributed by atoms with Gasteiger partial charge in [-0.1, -0.05) is 65.0 Å². The first-order valence-corrected chi connectivity index (χ1v) is 9.74. The maximum atomic E-state index is 4.40. The van der Waals surface area contributed by atoms with Crippen LogP contribution < -0.4 is 5.32 Å². The lowest BCUT2D eigenvalue weighted by atomic mass is 9.57. The first-order chi connectivity index (χ1) is 11.5. The van der Waals surface area contributed by atoms with Crippen LogP contribution in [0, 0.1) is 5.92 Å². The summed E-state index contributed by atoms with van der Waals surface area (Å²) in [5.74, 6) is 1.35. The first-order valence-electron chi connectivity index (χ1n) is 9.74. The van der Waals surface area contributed by atoms with Crippen LogP contribution in [0.2, 0.25) is 0 Å². The highest BCUT2D eigenvalue weighted by molar-refractivity contribution is 6.38. The molecule has 130 valence electrons. The van der Waals surface area contributed by atoms with Gasteiger partial charge in [-0.15, -0.1) is 0 Å². The summed E-state index contributed by atoms with van der Waals surface area (Å²) in [6, 6.07) is 6.79. The van der Waals surface area contributed by atoms with Crippen LogP contribution in [-0.4, -0.2) is 13.2 Å². The molecular weight excluding hydrogens is 289 g/mol. The van der Waals surface area contributed by atoms with E-state index in [4.69, 9.17) is 0 Å². The zero-order valence-electron chi connectivity index (χ0n) is 16.0. The molecule has 1 N–H and O–H groups in total. The predicted octanol–water partition coefficient (Wildman–Crippen LogP) is 5.25. The zero-order valence-corrected chi connectivity index (χ0v) is 16.0. The molecular formula is C22H34BN. The summed E-state index contributed by atoms with van der Waals surface area (Å²) in [5.41, 5.74) is 6.97. The van der Waals surface area contributed by atoms with Crippen molar-refractivity contribution in [3.8, 4) is 0 Å². The van der Waals surface area contributed by atoms with Gasteiger partial charge in [-0.05, 0) is 60.2 Å². The van der Waals surface area contributed by atoms with Gasteiger partial charge in [0.1, 0.15) is 0 Å². The topological polar surface area (TPSA) is 12.0 Å². The van der Waals surface area contributed by atoms with Gasteiger partial charge in [-0.2, -0.15) is 0 Å². The van der Waals surface area contributed by atoms with Crippen LogP contribution in [0.4, 0.5) is 0 Å². The molecule has 1 aliphatic rings. The molecule has 1 aliphatic heterocycles. The van der Waals surface area contributed by atoms with Gasteiger partial charge in [0, 0.05) is 11.6 Å². The van der Waals surface area contributed by atoms with Gasteiger partial charge in [-0.25, -0.2) is 0 Å². The SMILES string of the molecule is C=C(CC)NC1BCc2c(cccc2C(=C)CCCCC(C)C)C1. The highest BCUT2D eigenvalue weighted by Gasteiger charge is 2.22. The minimum Gasteiger partial charge on any atom is -0.393 e. The number of unbranched alkanes of at least 4 members (excludes halogenated alkanes) is 1. The molecule has 0 saturated heterocycles. The smallest absolute Gasteiger partial charge is 0.153 e. The molecule has 0 radical (unpaired) electrons.